The van der Waals surface area contributed by atoms with Crippen LogP contribution in [0.3, 0.4) is 0 Å². The van der Waals surface area contributed by atoms with Crippen molar-refractivity contribution in [3.05, 3.63) is 7.43 Å². The van der Waals surface area contributed by atoms with Crippen molar-refractivity contribution in [1.29, 1.82) is 0 Å². The molecule has 58 valence electrons. The van der Waals surface area contributed by atoms with Crippen molar-refractivity contribution in [2.75, 3.05) is 6.26 Å². The van der Waals surface area contributed by atoms with Gasteiger partial charge in [-0.3, -0.25) is 4.21 Å². The first-order chi connectivity index (χ1) is 3.42. The summed E-state index contributed by atoms with van der Waals surface area (Å²) in [6.07, 6.45) is 0.753. The fourth-order valence-corrected chi connectivity index (χ4v) is 1.11. The third-order valence-electron chi connectivity index (χ3n) is 0.219. The van der Waals surface area contributed by atoms with E-state index in [0.717, 1.165) is 6.26 Å². The van der Waals surface area contributed by atoms with E-state index in [4.69, 9.17) is 0 Å². The second kappa shape index (κ2) is 6.81. The van der Waals surface area contributed by atoms with Crippen molar-refractivity contribution in [2.45, 2.75) is 0 Å². The Morgan fingerprint density at radius 1 is 1.50 bits per heavy atom. The van der Waals surface area contributed by atoms with Crippen LogP contribution in [0.15, 0.2) is 0 Å². The number of sulfonamides is 1. The Morgan fingerprint density at radius 2 is 1.80 bits per heavy atom. The molecule has 0 amide bonds. The molecule has 0 bridgehead atoms. The summed E-state index contributed by atoms with van der Waals surface area (Å²) < 4.78 is 40.2. The molecule has 0 heterocycles. The van der Waals surface area contributed by atoms with Gasteiger partial charge in [-0.05, 0) is 0 Å². The van der Waals surface area contributed by atoms with Crippen LogP contribution in [0.2, 0.25) is 0 Å². The molecule has 0 saturated heterocycles. The van der Waals surface area contributed by atoms with E-state index in [1.54, 1.807) is 0 Å². The number of hydrogen-bond acceptors (Lipinski definition) is 4. The minimum atomic E-state index is -3.59. The number of hydrogen-bond donors (Lipinski definition) is 1. The molecule has 0 rings (SSSR count). The topological polar surface area (TPSA) is 86.3 Å². The van der Waals surface area contributed by atoms with Gasteiger partial charge in [0.15, 0.2) is 0 Å². The first-order valence-corrected chi connectivity index (χ1v) is 4.45. The number of rotatable bonds is 2. The van der Waals surface area contributed by atoms with Gasteiger partial charge in [0.1, 0.15) is 0 Å². The van der Waals surface area contributed by atoms with Gasteiger partial charge < -0.3 is 12.0 Å². The van der Waals surface area contributed by atoms with E-state index in [9.17, 15) is 17.2 Å². The monoisotopic (exact) mass is 262 g/mol. The van der Waals surface area contributed by atoms with E-state index >= 15 is 0 Å². The SMILES string of the molecule is CS(=O)(=O)NS(=O)[O-].[CH3-].[Y+3]. The van der Waals surface area contributed by atoms with Crippen LogP contribution in [0.25, 0.3) is 0 Å². The Labute approximate surface area is 88.3 Å². The summed E-state index contributed by atoms with van der Waals surface area (Å²) >= 11 is -2.72. The van der Waals surface area contributed by atoms with Crippen LogP contribution in [0.5, 0.6) is 0 Å². The van der Waals surface area contributed by atoms with Crippen molar-refractivity contribution < 1.29 is 49.9 Å². The van der Waals surface area contributed by atoms with E-state index in [1.165, 1.54) is 4.13 Å². The molecule has 0 aromatic heterocycles. The molecule has 0 fully saturated rings. The molecule has 5 nitrogen and oxygen atoms in total. The molecule has 0 aliphatic carbocycles. The third-order valence-corrected chi connectivity index (χ3v) is 1.97. The van der Waals surface area contributed by atoms with Crippen molar-refractivity contribution in [3.63, 3.8) is 0 Å². The van der Waals surface area contributed by atoms with E-state index < -0.39 is 21.3 Å². The molecule has 10 heavy (non-hydrogen) atoms. The second-order valence-electron chi connectivity index (χ2n) is 1.09. The molecule has 0 saturated carbocycles. The van der Waals surface area contributed by atoms with Gasteiger partial charge >= 0.3 is 32.7 Å². The molecular formula is C2H7NO4S2Y+. The predicted molar refractivity (Wildman–Crippen MR) is 33.3 cm³/mol. The summed E-state index contributed by atoms with van der Waals surface area (Å²) in [6.45, 7) is 0. The Morgan fingerprint density at radius 3 is 1.80 bits per heavy atom. The zero-order valence-corrected chi connectivity index (χ0v) is 10.00. The molecule has 1 atom stereocenters. The van der Waals surface area contributed by atoms with E-state index in [-0.39, 0.29) is 40.1 Å². The molecule has 0 aromatic rings. The smallest absolute Gasteiger partial charge is 0.759 e. The normalized spacial score (nSPS) is 12.6. The van der Waals surface area contributed by atoms with E-state index in [0.29, 0.717) is 0 Å². The first-order valence-electron chi connectivity index (χ1n) is 1.48. The predicted octanol–water partition coefficient (Wildman–Crippen LogP) is -1.22. The summed E-state index contributed by atoms with van der Waals surface area (Å²) in [7, 11) is -3.59. The van der Waals surface area contributed by atoms with Crippen molar-refractivity contribution in [3.8, 4) is 0 Å². The maximum atomic E-state index is 9.94. The van der Waals surface area contributed by atoms with Crippen molar-refractivity contribution in [2.24, 2.45) is 0 Å². The first kappa shape index (κ1) is 17.3. The Kier molecular flexibility index (Phi) is 11.8. The molecule has 1 N–H and O–H groups in total. The van der Waals surface area contributed by atoms with Crippen LogP contribution >= 0.6 is 0 Å². The molecule has 0 aliphatic rings. The fraction of sp³-hybridized carbons (Fsp3) is 0.500. The Balaban J connectivity index is -0.000000245. The summed E-state index contributed by atoms with van der Waals surface area (Å²) in [6, 6.07) is 0. The Hall–Kier alpha value is 1.12. The average molecular weight is 262 g/mol. The molecule has 0 spiro atoms. The van der Waals surface area contributed by atoms with E-state index in [1.807, 2.05) is 0 Å². The summed E-state index contributed by atoms with van der Waals surface area (Å²) in [5.74, 6) is 0. The van der Waals surface area contributed by atoms with Gasteiger partial charge in [-0.15, -0.1) is 4.13 Å². The summed E-state index contributed by atoms with van der Waals surface area (Å²) in [5.41, 5.74) is 0. The minimum Gasteiger partial charge on any atom is -0.759 e. The standard InChI is InChI=1S/CH5NO4S2.CH3.Y/c1-8(5,6)2-7(3)4;;/h2H,1H3,(H,3,4);1H3;/q;-1;+3/p-1. The molecular weight excluding hydrogens is 255 g/mol. The van der Waals surface area contributed by atoms with Gasteiger partial charge in [-0.25, -0.2) is 8.42 Å². The average Bonchev–Trinajstić information content (AvgIpc) is 1.21. The minimum absolute atomic E-state index is 0. The van der Waals surface area contributed by atoms with Crippen LogP contribution in [0.1, 0.15) is 0 Å². The molecule has 8 heteroatoms. The Bertz CT molecular complexity index is 187. The maximum Gasteiger partial charge on any atom is 3.00 e. The molecule has 0 radical (unpaired) electrons. The maximum absolute atomic E-state index is 9.94. The van der Waals surface area contributed by atoms with Crippen LogP contribution in [-0.2, 0) is 54.0 Å². The van der Waals surface area contributed by atoms with Crippen molar-refractivity contribution in [1.82, 2.24) is 4.13 Å². The molecule has 1 unspecified atom stereocenters. The van der Waals surface area contributed by atoms with E-state index in [2.05, 4.69) is 0 Å². The van der Waals surface area contributed by atoms with Gasteiger partial charge in [-0.2, -0.15) is 0 Å². The zero-order valence-electron chi connectivity index (χ0n) is 5.53. The van der Waals surface area contributed by atoms with Gasteiger partial charge in [-0.1, -0.05) is 0 Å². The van der Waals surface area contributed by atoms with Crippen LogP contribution in [0.4, 0.5) is 0 Å². The molecule has 0 aliphatic heterocycles. The van der Waals surface area contributed by atoms with Gasteiger partial charge in [0.25, 0.3) is 0 Å². The summed E-state index contributed by atoms with van der Waals surface area (Å²) in [5, 5.41) is 0. The largest absolute Gasteiger partial charge is 3.00 e. The second-order valence-corrected chi connectivity index (χ2v) is 3.77. The quantitative estimate of drug-likeness (QED) is 0.499. The van der Waals surface area contributed by atoms with Gasteiger partial charge in [0, 0.05) is 11.3 Å². The van der Waals surface area contributed by atoms with Crippen molar-refractivity contribution >= 4 is 21.3 Å². The van der Waals surface area contributed by atoms with Crippen LogP contribution in [-0.4, -0.2) is 23.4 Å². The summed E-state index contributed by atoms with van der Waals surface area (Å²) in [4.78, 5) is 0. The van der Waals surface area contributed by atoms with Crippen LogP contribution in [0, 0.1) is 7.43 Å². The van der Waals surface area contributed by atoms with Gasteiger partial charge in [0.05, 0.1) is 6.26 Å². The third kappa shape index (κ3) is 16.1. The molecule has 0 aromatic carbocycles. The fourth-order valence-electron chi connectivity index (χ4n) is 0.124. The zero-order chi connectivity index (χ0) is 6.78. The van der Waals surface area contributed by atoms with Crippen LogP contribution < -0.4 is 4.13 Å². The number of nitrogens with one attached hydrogen (secondary N) is 1. The van der Waals surface area contributed by atoms with Gasteiger partial charge in [0.2, 0.25) is 10.0 Å².